The number of hydrogen-bond acceptors (Lipinski definition) is 2. The third kappa shape index (κ3) is 5.89. The first kappa shape index (κ1) is 14.0. The van der Waals surface area contributed by atoms with Gasteiger partial charge in [0.1, 0.15) is 5.75 Å². The fourth-order valence-electron chi connectivity index (χ4n) is 1.36. The number of allylic oxidation sites excluding steroid dienone is 4. The van der Waals surface area contributed by atoms with Crippen LogP contribution in [-0.2, 0) is 11.2 Å². The number of rotatable bonds is 7. The first-order valence-corrected chi connectivity index (χ1v) is 5.97. The molecule has 0 radical (unpaired) electrons. The van der Waals surface area contributed by atoms with Gasteiger partial charge in [-0.15, -0.1) is 0 Å². The molecule has 18 heavy (non-hydrogen) atoms. The molecular formula is C15H18O3. The zero-order chi connectivity index (χ0) is 13.2. The summed E-state index contributed by atoms with van der Waals surface area (Å²) in [7, 11) is 0. The van der Waals surface area contributed by atoms with E-state index in [9.17, 15) is 4.79 Å². The topological polar surface area (TPSA) is 46.5 Å². The number of carbonyl (C=O) groups is 1. The van der Waals surface area contributed by atoms with Gasteiger partial charge in [0.05, 0.1) is 0 Å². The quantitative estimate of drug-likeness (QED) is 0.751. The minimum Gasteiger partial charge on any atom is -0.482 e. The van der Waals surface area contributed by atoms with Gasteiger partial charge < -0.3 is 9.84 Å². The molecule has 0 spiro atoms. The van der Waals surface area contributed by atoms with E-state index in [1.54, 1.807) is 12.1 Å². The molecule has 0 amide bonds. The minimum atomic E-state index is -0.968. The molecule has 1 rings (SSSR count). The maximum absolute atomic E-state index is 10.3. The third-order valence-electron chi connectivity index (χ3n) is 2.26. The maximum Gasteiger partial charge on any atom is 0.341 e. The molecule has 3 heteroatoms. The van der Waals surface area contributed by atoms with Crippen molar-refractivity contribution in [3.05, 3.63) is 54.1 Å². The highest BCUT2D eigenvalue weighted by atomic mass is 16.5. The smallest absolute Gasteiger partial charge is 0.341 e. The van der Waals surface area contributed by atoms with E-state index in [1.807, 2.05) is 24.3 Å². The molecule has 0 aliphatic carbocycles. The molecule has 1 aromatic carbocycles. The van der Waals surface area contributed by atoms with Crippen molar-refractivity contribution in [3.8, 4) is 5.75 Å². The number of carboxylic acid groups (broad SMARTS) is 1. The first-order valence-electron chi connectivity index (χ1n) is 5.97. The van der Waals surface area contributed by atoms with Gasteiger partial charge in [0.15, 0.2) is 6.61 Å². The number of hydrogen-bond donors (Lipinski definition) is 1. The molecule has 0 aliphatic heterocycles. The average Bonchev–Trinajstić information content (AvgIpc) is 2.37. The van der Waals surface area contributed by atoms with E-state index in [0.29, 0.717) is 5.75 Å². The highest BCUT2D eigenvalue weighted by Crippen LogP contribution is 2.12. The van der Waals surface area contributed by atoms with Crippen LogP contribution in [0.15, 0.2) is 48.6 Å². The van der Waals surface area contributed by atoms with E-state index in [0.717, 1.165) is 12.8 Å². The molecule has 1 aromatic rings. The highest BCUT2D eigenvalue weighted by molar-refractivity contribution is 5.68. The summed E-state index contributed by atoms with van der Waals surface area (Å²) in [6, 6.07) is 7.44. The Labute approximate surface area is 107 Å². The van der Waals surface area contributed by atoms with Gasteiger partial charge in [-0.3, -0.25) is 0 Å². The second-order valence-corrected chi connectivity index (χ2v) is 3.80. The van der Waals surface area contributed by atoms with Crippen LogP contribution in [0.1, 0.15) is 18.9 Å². The maximum atomic E-state index is 10.3. The van der Waals surface area contributed by atoms with Crippen molar-refractivity contribution >= 4 is 5.97 Å². The van der Waals surface area contributed by atoms with Crippen LogP contribution in [0.25, 0.3) is 0 Å². The number of carboxylic acids is 1. The molecule has 96 valence electrons. The van der Waals surface area contributed by atoms with Gasteiger partial charge in [-0.2, -0.15) is 0 Å². The molecule has 0 aromatic heterocycles. The molecule has 0 unspecified atom stereocenters. The van der Waals surface area contributed by atoms with Crippen molar-refractivity contribution in [3.63, 3.8) is 0 Å². The summed E-state index contributed by atoms with van der Waals surface area (Å²) in [5.41, 5.74) is 1.17. The Balaban J connectivity index is 2.42. The fourth-order valence-corrected chi connectivity index (χ4v) is 1.36. The standard InChI is InChI=1S/C15H18O3/c1-2-3-4-5-6-7-13-8-10-14(11-9-13)18-12-15(16)17/h3-6,8-11H,2,7,12H2,1H3,(H,16,17). The van der Waals surface area contributed by atoms with Gasteiger partial charge in [-0.05, 0) is 30.5 Å². The first-order chi connectivity index (χ1) is 8.72. The Morgan fingerprint density at radius 3 is 2.50 bits per heavy atom. The molecule has 0 saturated carbocycles. The predicted octanol–water partition coefficient (Wildman–Crippen LogP) is 3.21. The summed E-state index contributed by atoms with van der Waals surface area (Å²) in [4.78, 5) is 10.3. The van der Waals surface area contributed by atoms with Crippen LogP contribution in [0.2, 0.25) is 0 Å². The van der Waals surface area contributed by atoms with Crippen molar-refractivity contribution in [2.45, 2.75) is 19.8 Å². The Morgan fingerprint density at radius 1 is 1.22 bits per heavy atom. The molecule has 0 fully saturated rings. The van der Waals surface area contributed by atoms with E-state index < -0.39 is 5.97 Å². The zero-order valence-electron chi connectivity index (χ0n) is 10.5. The predicted molar refractivity (Wildman–Crippen MR) is 71.8 cm³/mol. The Bertz CT molecular complexity index is 416. The fraction of sp³-hybridized carbons (Fsp3) is 0.267. The molecule has 0 atom stereocenters. The van der Waals surface area contributed by atoms with E-state index in [1.165, 1.54) is 5.56 Å². The molecule has 0 heterocycles. The highest BCUT2D eigenvalue weighted by Gasteiger charge is 1.98. The monoisotopic (exact) mass is 246 g/mol. The van der Waals surface area contributed by atoms with Crippen LogP contribution < -0.4 is 4.74 Å². The minimum absolute atomic E-state index is 0.305. The van der Waals surface area contributed by atoms with Crippen LogP contribution in [0.5, 0.6) is 5.75 Å². The molecule has 0 aliphatic rings. The van der Waals surface area contributed by atoms with Crippen LogP contribution in [-0.4, -0.2) is 17.7 Å². The van der Waals surface area contributed by atoms with Gasteiger partial charge in [0, 0.05) is 0 Å². The van der Waals surface area contributed by atoms with Gasteiger partial charge in [0.25, 0.3) is 0 Å². The summed E-state index contributed by atoms with van der Waals surface area (Å²) < 4.78 is 5.05. The van der Waals surface area contributed by atoms with Crippen molar-refractivity contribution in [1.29, 1.82) is 0 Å². The molecular weight excluding hydrogens is 228 g/mol. The lowest BCUT2D eigenvalue weighted by Crippen LogP contribution is -2.09. The number of ether oxygens (including phenoxy) is 1. The summed E-state index contributed by atoms with van der Waals surface area (Å²) in [5.74, 6) is -0.388. The molecule has 1 N–H and O–H groups in total. The van der Waals surface area contributed by atoms with Crippen LogP contribution in [0.4, 0.5) is 0 Å². The Morgan fingerprint density at radius 2 is 1.89 bits per heavy atom. The second-order valence-electron chi connectivity index (χ2n) is 3.80. The lowest BCUT2D eigenvalue weighted by atomic mass is 10.1. The van der Waals surface area contributed by atoms with Crippen molar-refractivity contribution in [2.24, 2.45) is 0 Å². The Hall–Kier alpha value is -2.03. The van der Waals surface area contributed by atoms with E-state index >= 15 is 0 Å². The summed E-state index contributed by atoms with van der Waals surface area (Å²) in [6.07, 6.45) is 10.1. The van der Waals surface area contributed by atoms with Gasteiger partial charge >= 0.3 is 5.97 Å². The zero-order valence-corrected chi connectivity index (χ0v) is 10.5. The molecule has 3 nitrogen and oxygen atoms in total. The second kappa shape index (κ2) is 8.12. The molecule has 0 saturated heterocycles. The number of benzene rings is 1. The van der Waals surface area contributed by atoms with Gasteiger partial charge in [0.2, 0.25) is 0 Å². The molecule has 0 bridgehead atoms. The SMILES string of the molecule is CCC=CC=CCc1ccc(OCC(=O)O)cc1. The van der Waals surface area contributed by atoms with E-state index in [2.05, 4.69) is 19.1 Å². The summed E-state index contributed by atoms with van der Waals surface area (Å²) in [6.45, 7) is 1.79. The van der Waals surface area contributed by atoms with Gasteiger partial charge in [-0.1, -0.05) is 43.4 Å². The third-order valence-corrected chi connectivity index (χ3v) is 2.26. The lowest BCUT2D eigenvalue weighted by Gasteiger charge is -2.03. The average molecular weight is 246 g/mol. The van der Waals surface area contributed by atoms with Crippen LogP contribution in [0.3, 0.4) is 0 Å². The van der Waals surface area contributed by atoms with Crippen LogP contribution >= 0.6 is 0 Å². The van der Waals surface area contributed by atoms with Gasteiger partial charge in [-0.25, -0.2) is 4.79 Å². The summed E-state index contributed by atoms with van der Waals surface area (Å²) in [5, 5.41) is 8.48. The Kier molecular flexibility index (Phi) is 6.33. The largest absolute Gasteiger partial charge is 0.482 e. The van der Waals surface area contributed by atoms with E-state index in [4.69, 9.17) is 9.84 Å². The van der Waals surface area contributed by atoms with E-state index in [-0.39, 0.29) is 6.61 Å². The number of aliphatic carboxylic acids is 1. The lowest BCUT2D eigenvalue weighted by molar-refractivity contribution is -0.139. The van der Waals surface area contributed by atoms with Crippen LogP contribution in [0, 0.1) is 0 Å². The summed E-state index contributed by atoms with van der Waals surface area (Å²) >= 11 is 0. The van der Waals surface area contributed by atoms with Crippen molar-refractivity contribution < 1.29 is 14.6 Å². The van der Waals surface area contributed by atoms with Crippen molar-refractivity contribution in [1.82, 2.24) is 0 Å². The van der Waals surface area contributed by atoms with Crippen molar-refractivity contribution in [2.75, 3.05) is 6.61 Å². The normalized spacial score (nSPS) is 11.2.